The summed E-state index contributed by atoms with van der Waals surface area (Å²) in [4.78, 5) is 37.8. The SMILES string of the molecule is CCCCCCCCCCCCCCCCCCCCCC(=O)OC[C@H](COC(=O)CCCCCCCCCC(C)C)OC(=O)CCCCCCCCCCC(C)C. The average Bonchev–Trinajstić information content (AvgIpc) is 3.19. The number of hydrogen-bond acceptors (Lipinski definition) is 6. The van der Waals surface area contributed by atoms with Gasteiger partial charge in [0.25, 0.3) is 0 Å². The molecule has 0 N–H and O–H groups in total. The second kappa shape index (κ2) is 44.9. The highest BCUT2D eigenvalue weighted by molar-refractivity contribution is 5.71. The van der Waals surface area contributed by atoms with Crippen LogP contribution >= 0.6 is 0 Å². The predicted molar refractivity (Wildman–Crippen MR) is 247 cm³/mol. The maximum Gasteiger partial charge on any atom is 0.306 e. The van der Waals surface area contributed by atoms with Crippen molar-refractivity contribution in [2.24, 2.45) is 11.8 Å². The minimum Gasteiger partial charge on any atom is -0.462 e. The Morgan fingerprint density at radius 1 is 0.328 bits per heavy atom. The molecular formula is C52H100O6. The highest BCUT2D eigenvalue weighted by atomic mass is 16.6. The summed E-state index contributed by atoms with van der Waals surface area (Å²) >= 11 is 0. The molecule has 0 bridgehead atoms. The van der Waals surface area contributed by atoms with Gasteiger partial charge in [-0.25, -0.2) is 0 Å². The van der Waals surface area contributed by atoms with Crippen molar-refractivity contribution in [3.05, 3.63) is 0 Å². The van der Waals surface area contributed by atoms with Gasteiger partial charge in [-0.1, -0.05) is 247 Å². The lowest BCUT2D eigenvalue weighted by molar-refractivity contribution is -0.167. The number of unbranched alkanes of at least 4 members (excludes halogenated alkanes) is 31. The molecule has 0 heterocycles. The van der Waals surface area contributed by atoms with Crippen LogP contribution in [0.5, 0.6) is 0 Å². The quantitative estimate of drug-likeness (QED) is 0.0346. The maximum absolute atomic E-state index is 12.7. The second-order valence-corrected chi connectivity index (χ2v) is 18.8. The van der Waals surface area contributed by atoms with Crippen LogP contribution in [0.15, 0.2) is 0 Å². The molecule has 0 amide bonds. The van der Waals surface area contributed by atoms with Crippen LogP contribution in [0.1, 0.15) is 285 Å². The monoisotopic (exact) mass is 821 g/mol. The molecule has 58 heavy (non-hydrogen) atoms. The third-order valence-corrected chi connectivity index (χ3v) is 11.7. The molecule has 0 fully saturated rings. The molecule has 0 rings (SSSR count). The highest BCUT2D eigenvalue weighted by Gasteiger charge is 2.19. The van der Waals surface area contributed by atoms with Gasteiger partial charge in [0.15, 0.2) is 6.10 Å². The first-order chi connectivity index (χ1) is 28.2. The van der Waals surface area contributed by atoms with E-state index in [1.165, 1.54) is 173 Å². The number of hydrogen-bond donors (Lipinski definition) is 0. The summed E-state index contributed by atoms with van der Waals surface area (Å²) < 4.78 is 16.8. The van der Waals surface area contributed by atoms with E-state index in [9.17, 15) is 14.4 Å². The van der Waals surface area contributed by atoms with E-state index in [1.807, 2.05) is 0 Å². The van der Waals surface area contributed by atoms with Gasteiger partial charge in [-0.3, -0.25) is 14.4 Å². The summed E-state index contributed by atoms with van der Waals surface area (Å²) in [6.45, 7) is 11.3. The fraction of sp³-hybridized carbons (Fsp3) is 0.942. The van der Waals surface area contributed by atoms with Crippen LogP contribution in [-0.4, -0.2) is 37.2 Å². The van der Waals surface area contributed by atoms with Crippen molar-refractivity contribution >= 4 is 17.9 Å². The third kappa shape index (κ3) is 45.5. The van der Waals surface area contributed by atoms with Crippen LogP contribution in [-0.2, 0) is 28.6 Å². The van der Waals surface area contributed by atoms with Gasteiger partial charge in [0.05, 0.1) is 0 Å². The fourth-order valence-corrected chi connectivity index (χ4v) is 7.81. The third-order valence-electron chi connectivity index (χ3n) is 11.7. The van der Waals surface area contributed by atoms with E-state index in [2.05, 4.69) is 34.6 Å². The zero-order valence-electron chi connectivity index (χ0n) is 39.7. The Balaban J connectivity index is 4.22. The Kier molecular flexibility index (Phi) is 43.7. The van der Waals surface area contributed by atoms with Crippen LogP contribution in [0.4, 0.5) is 0 Å². The molecule has 0 spiro atoms. The van der Waals surface area contributed by atoms with Gasteiger partial charge >= 0.3 is 17.9 Å². The number of ether oxygens (including phenoxy) is 3. The summed E-state index contributed by atoms with van der Waals surface area (Å²) in [6, 6.07) is 0. The van der Waals surface area contributed by atoms with Crippen molar-refractivity contribution in [2.75, 3.05) is 13.2 Å². The smallest absolute Gasteiger partial charge is 0.306 e. The second-order valence-electron chi connectivity index (χ2n) is 18.8. The molecule has 0 radical (unpaired) electrons. The van der Waals surface area contributed by atoms with Gasteiger partial charge in [-0.2, -0.15) is 0 Å². The molecule has 0 aliphatic rings. The van der Waals surface area contributed by atoms with E-state index >= 15 is 0 Å². The summed E-state index contributed by atoms with van der Waals surface area (Å²) in [5.41, 5.74) is 0. The summed E-state index contributed by atoms with van der Waals surface area (Å²) in [6.07, 6.45) is 45.4. The lowest BCUT2D eigenvalue weighted by Crippen LogP contribution is -2.30. The Bertz CT molecular complexity index is 885. The average molecular weight is 821 g/mol. The van der Waals surface area contributed by atoms with Gasteiger partial charge in [0, 0.05) is 19.3 Å². The first kappa shape index (κ1) is 56.4. The molecular weight excluding hydrogens is 721 g/mol. The van der Waals surface area contributed by atoms with Crippen LogP contribution < -0.4 is 0 Å². The zero-order chi connectivity index (χ0) is 42.6. The Morgan fingerprint density at radius 3 is 0.845 bits per heavy atom. The number of carbonyl (C=O) groups is 3. The van der Waals surface area contributed by atoms with Crippen molar-refractivity contribution in [1.29, 1.82) is 0 Å². The summed E-state index contributed by atoms with van der Waals surface area (Å²) in [7, 11) is 0. The molecule has 0 saturated heterocycles. The minimum atomic E-state index is -0.762. The minimum absolute atomic E-state index is 0.0649. The van der Waals surface area contributed by atoms with Gasteiger partial charge in [-0.15, -0.1) is 0 Å². The molecule has 0 unspecified atom stereocenters. The number of rotatable bonds is 46. The molecule has 0 saturated carbocycles. The molecule has 0 aliphatic carbocycles. The number of carbonyl (C=O) groups excluding carboxylic acids is 3. The first-order valence-electron chi connectivity index (χ1n) is 25.7. The van der Waals surface area contributed by atoms with E-state index in [0.717, 1.165) is 69.6 Å². The van der Waals surface area contributed by atoms with Crippen LogP contribution in [0.3, 0.4) is 0 Å². The Hall–Kier alpha value is -1.59. The van der Waals surface area contributed by atoms with Crippen molar-refractivity contribution in [3.8, 4) is 0 Å². The standard InChI is InChI=1S/C52H100O6/c1-6-7-8-9-10-11-12-13-14-15-16-17-18-19-20-21-27-32-37-42-50(53)56-45-49(46-57-51(54)43-38-33-29-24-26-31-36-41-48(4)5)58-52(55)44-39-34-28-23-22-25-30-35-40-47(2)3/h47-49H,6-46H2,1-5H3/t49-/m1/s1. The molecule has 6 nitrogen and oxygen atoms in total. The van der Waals surface area contributed by atoms with Gasteiger partial charge in [-0.05, 0) is 31.1 Å². The molecule has 0 aromatic carbocycles. The molecule has 0 aliphatic heterocycles. The highest BCUT2D eigenvalue weighted by Crippen LogP contribution is 2.17. The molecule has 0 aromatic heterocycles. The van der Waals surface area contributed by atoms with Crippen LogP contribution in [0, 0.1) is 11.8 Å². The lowest BCUT2D eigenvalue weighted by Gasteiger charge is -2.18. The largest absolute Gasteiger partial charge is 0.462 e. The normalized spacial score (nSPS) is 12.1. The van der Waals surface area contributed by atoms with Crippen LogP contribution in [0.2, 0.25) is 0 Å². The Labute approximate surface area is 361 Å². The molecule has 1 atom stereocenters. The van der Waals surface area contributed by atoms with E-state index in [4.69, 9.17) is 14.2 Å². The molecule has 6 heteroatoms. The fourth-order valence-electron chi connectivity index (χ4n) is 7.81. The molecule has 0 aromatic rings. The van der Waals surface area contributed by atoms with Gasteiger partial charge in [0.1, 0.15) is 13.2 Å². The Morgan fingerprint density at radius 2 is 0.569 bits per heavy atom. The van der Waals surface area contributed by atoms with E-state index in [0.29, 0.717) is 19.3 Å². The van der Waals surface area contributed by atoms with Crippen LogP contribution in [0.25, 0.3) is 0 Å². The maximum atomic E-state index is 12.7. The van der Waals surface area contributed by atoms with E-state index in [-0.39, 0.29) is 31.1 Å². The first-order valence-corrected chi connectivity index (χ1v) is 25.7. The predicted octanol–water partition coefficient (Wildman–Crippen LogP) is 16.5. The summed E-state index contributed by atoms with van der Waals surface area (Å²) in [5, 5.41) is 0. The van der Waals surface area contributed by atoms with E-state index < -0.39 is 6.10 Å². The van der Waals surface area contributed by atoms with Crippen molar-refractivity contribution < 1.29 is 28.6 Å². The zero-order valence-corrected chi connectivity index (χ0v) is 39.7. The lowest BCUT2D eigenvalue weighted by atomic mass is 10.0. The summed E-state index contributed by atoms with van der Waals surface area (Å²) in [5.74, 6) is 0.720. The number of esters is 3. The van der Waals surface area contributed by atoms with Crippen molar-refractivity contribution in [1.82, 2.24) is 0 Å². The van der Waals surface area contributed by atoms with Gasteiger partial charge in [0.2, 0.25) is 0 Å². The van der Waals surface area contributed by atoms with Gasteiger partial charge < -0.3 is 14.2 Å². The molecule has 344 valence electrons. The topological polar surface area (TPSA) is 78.9 Å². The van der Waals surface area contributed by atoms with E-state index in [1.54, 1.807) is 0 Å². The van der Waals surface area contributed by atoms with Crippen molar-refractivity contribution in [2.45, 2.75) is 291 Å². The van der Waals surface area contributed by atoms with Crippen molar-refractivity contribution in [3.63, 3.8) is 0 Å².